The van der Waals surface area contributed by atoms with Gasteiger partial charge in [-0.1, -0.05) is 41.3 Å². The third kappa shape index (κ3) is 5.39. The van der Waals surface area contributed by atoms with Crippen molar-refractivity contribution in [3.8, 4) is 6.07 Å². The summed E-state index contributed by atoms with van der Waals surface area (Å²) in [5.74, 6) is 0.772. The Morgan fingerprint density at radius 2 is 2.08 bits per heavy atom. The van der Waals surface area contributed by atoms with Crippen molar-refractivity contribution in [3.05, 3.63) is 57.8 Å². The van der Waals surface area contributed by atoms with E-state index in [1.165, 1.54) is 16.2 Å². The molecule has 0 aliphatic heterocycles. The molecule has 2 heterocycles. The normalized spacial score (nSPS) is 10.4. The van der Waals surface area contributed by atoms with Crippen LogP contribution in [0, 0.1) is 11.3 Å². The molecule has 0 fully saturated rings. The van der Waals surface area contributed by atoms with Crippen LogP contribution in [0.25, 0.3) is 0 Å². The van der Waals surface area contributed by atoms with E-state index < -0.39 is 0 Å². The molecule has 0 spiro atoms. The molecule has 0 saturated heterocycles. The first-order valence-corrected chi connectivity index (χ1v) is 10.2. The highest BCUT2D eigenvalue weighted by Gasteiger charge is 2.09. The number of aromatic nitrogens is 2. The van der Waals surface area contributed by atoms with E-state index in [0.29, 0.717) is 23.5 Å². The lowest BCUT2D eigenvalue weighted by molar-refractivity contribution is -0.116. The highest BCUT2D eigenvalue weighted by molar-refractivity contribution is 8.00. The minimum Gasteiger partial charge on any atom is -0.300 e. The molecule has 126 valence electrons. The van der Waals surface area contributed by atoms with Crippen LogP contribution in [0.3, 0.4) is 0 Å². The molecule has 5 nitrogen and oxygen atoms in total. The number of nitrogens with zero attached hydrogens (tertiary/aromatic N) is 3. The van der Waals surface area contributed by atoms with Gasteiger partial charge in [0.05, 0.1) is 11.6 Å². The van der Waals surface area contributed by atoms with Gasteiger partial charge in [0.15, 0.2) is 4.34 Å². The molecule has 0 radical (unpaired) electrons. The van der Waals surface area contributed by atoms with Gasteiger partial charge >= 0.3 is 0 Å². The number of aryl methyl sites for hydroxylation is 1. The Kier molecular flexibility index (Phi) is 6.17. The van der Waals surface area contributed by atoms with Gasteiger partial charge in [-0.2, -0.15) is 5.26 Å². The molecule has 1 N–H and O–H groups in total. The first-order valence-electron chi connectivity index (χ1n) is 7.50. The molecule has 0 saturated carbocycles. The molecule has 0 aliphatic carbocycles. The molecule has 3 rings (SSSR count). The molecule has 0 atom stereocenters. The SMILES string of the molecule is N#Cc1ccc(CCC(=O)Nc2nnc(SCc3cccs3)s2)cc1. The van der Waals surface area contributed by atoms with Crippen LogP contribution >= 0.6 is 34.4 Å². The van der Waals surface area contributed by atoms with Gasteiger partial charge in [-0.3, -0.25) is 4.79 Å². The lowest BCUT2D eigenvalue weighted by atomic mass is 10.1. The maximum Gasteiger partial charge on any atom is 0.226 e. The van der Waals surface area contributed by atoms with E-state index in [1.54, 1.807) is 35.2 Å². The van der Waals surface area contributed by atoms with Gasteiger partial charge in [0.25, 0.3) is 0 Å². The van der Waals surface area contributed by atoms with Crippen LogP contribution in [0.4, 0.5) is 5.13 Å². The van der Waals surface area contributed by atoms with Crippen molar-refractivity contribution in [2.45, 2.75) is 22.9 Å². The Hall–Kier alpha value is -2.21. The van der Waals surface area contributed by atoms with Crippen LogP contribution in [0.2, 0.25) is 0 Å². The Balaban J connectivity index is 1.45. The molecular formula is C17H14N4OS3. The van der Waals surface area contributed by atoms with Gasteiger partial charge < -0.3 is 5.32 Å². The van der Waals surface area contributed by atoms with Crippen LogP contribution in [-0.2, 0) is 17.0 Å². The number of amides is 1. The number of nitriles is 1. The zero-order chi connectivity index (χ0) is 17.5. The number of hydrogen-bond donors (Lipinski definition) is 1. The number of anilines is 1. The summed E-state index contributed by atoms with van der Waals surface area (Å²) in [6.07, 6.45) is 0.986. The third-order valence-electron chi connectivity index (χ3n) is 3.29. The minimum atomic E-state index is -0.0877. The molecule has 25 heavy (non-hydrogen) atoms. The fourth-order valence-corrected chi connectivity index (χ4v) is 4.57. The number of thiophene rings is 1. The second-order valence-corrected chi connectivity index (χ2v) is 8.33. The van der Waals surface area contributed by atoms with Crippen molar-refractivity contribution in [1.82, 2.24) is 10.2 Å². The molecule has 8 heteroatoms. The number of hydrogen-bond acceptors (Lipinski definition) is 7. The van der Waals surface area contributed by atoms with Crippen LogP contribution < -0.4 is 5.32 Å². The van der Waals surface area contributed by atoms with Gasteiger partial charge in [0, 0.05) is 17.1 Å². The van der Waals surface area contributed by atoms with E-state index in [4.69, 9.17) is 5.26 Å². The van der Waals surface area contributed by atoms with E-state index in [2.05, 4.69) is 33.0 Å². The summed E-state index contributed by atoms with van der Waals surface area (Å²) in [4.78, 5) is 13.3. The third-order valence-corrected chi connectivity index (χ3v) is 6.37. The fourth-order valence-electron chi connectivity index (χ4n) is 2.03. The summed E-state index contributed by atoms with van der Waals surface area (Å²) in [6.45, 7) is 0. The topological polar surface area (TPSA) is 78.7 Å². The Morgan fingerprint density at radius 3 is 2.80 bits per heavy atom. The minimum absolute atomic E-state index is 0.0877. The molecule has 2 aromatic heterocycles. The molecule has 1 amide bonds. The van der Waals surface area contributed by atoms with Crippen molar-refractivity contribution in [1.29, 1.82) is 5.26 Å². The summed E-state index contributed by atoms with van der Waals surface area (Å²) in [5.41, 5.74) is 1.65. The molecule has 0 unspecified atom stereocenters. The highest BCUT2D eigenvalue weighted by atomic mass is 32.2. The number of carbonyl (C=O) groups excluding carboxylic acids is 1. The number of nitrogens with one attached hydrogen (secondary N) is 1. The lowest BCUT2D eigenvalue weighted by Gasteiger charge is -2.02. The second-order valence-electron chi connectivity index (χ2n) is 5.10. The maximum atomic E-state index is 12.0. The van der Waals surface area contributed by atoms with Crippen LogP contribution in [-0.4, -0.2) is 16.1 Å². The number of thioether (sulfide) groups is 1. The van der Waals surface area contributed by atoms with Crippen molar-refractivity contribution in [2.24, 2.45) is 0 Å². The summed E-state index contributed by atoms with van der Waals surface area (Å²) >= 11 is 4.72. The van der Waals surface area contributed by atoms with Gasteiger partial charge in [-0.25, -0.2) is 0 Å². The molecule has 0 aliphatic rings. The quantitative estimate of drug-likeness (QED) is 0.483. The van der Waals surface area contributed by atoms with Crippen LogP contribution in [0.5, 0.6) is 0 Å². The van der Waals surface area contributed by atoms with Gasteiger partial charge in [-0.15, -0.1) is 21.5 Å². The van der Waals surface area contributed by atoms with Crippen molar-refractivity contribution in [2.75, 3.05) is 5.32 Å². The first kappa shape index (κ1) is 17.6. The molecular weight excluding hydrogens is 372 g/mol. The maximum absolute atomic E-state index is 12.0. The lowest BCUT2D eigenvalue weighted by Crippen LogP contribution is -2.12. The highest BCUT2D eigenvalue weighted by Crippen LogP contribution is 2.29. The smallest absolute Gasteiger partial charge is 0.226 e. The fraction of sp³-hybridized carbons (Fsp3) is 0.176. The average molecular weight is 387 g/mol. The van der Waals surface area contributed by atoms with E-state index in [0.717, 1.165) is 15.7 Å². The average Bonchev–Trinajstić information content (AvgIpc) is 3.30. The van der Waals surface area contributed by atoms with Crippen LogP contribution in [0.1, 0.15) is 22.4 Å². The zero-order valence-corrected chi connectivity index (χ0v) is 15.6. The van der Waals surface area contributed by atoms with Crippen molar-refractivity contribution < 1.29 is 4.79 Å². The van der Waals surface area contributed by atoms with Gasteiger partial charge in [0.1, 0.15) is 0 Å². The van der Waals surface area contributed by atoms with Crippen molar-refractivity contribution in [3.63, 3.8) is 0 Å². The van der Waals surface area contributed by atoms with Crippen LogP contribution in [0.15, 0.2) is 46.1 Å². The summed E-state index contributed by atoms with van der Waals surface area (Å²) in [7, 11) is 0. The molecule has 0 bridgehead atoms. The summed E-state index contributed by atoms with van der Waals surface area (Å²) in [5, 5.41) is 22.3. The van der Waals surface area contributed by atoms with E-state index in [-0.39, 0.29) is 5.91 Å². The standard InChI is InChI=1S/C17H14N4OS3/c18-10-13-5-3-12(4-6-13)7-8-15(22)19-16-20-21-17(25-16)24-11-14-2-1-9-23-14/h1-6,9H,7-8,11H2,(H,19,20,22). The Labute approximate surface area is 157 Å². The zero-order valence-electron chi connectivity index (χ0n) is 13.1. The van der Waals surface area contributed by atoms with E-state index >= 15 is 0 Å². The Bertz CT molecular complexity index is 866. The number of benzene rings is 1. The van der Waals surface area contributed by atoms with Gasteiger partial charge in [-0.05, 0) is 35.6 Å². The number of carbonyl (C=O) groups is 1. The number of rotatable bonds is 7. The predicted octanol–water partition coefficient (Wildman–Crippen LogP) is 4.33. The molecule has 1 aromatic carbocycles. The summed E-state index contributed by atoms with van der Waals surface area (Å²) < 4.78 is 0.843. The monoisotopic (exact) mass is 386 g/mol. The predicted molar refractivity (Wildman–Crippen MR) is 102 cm³/mol. The largest absolute Gasteiger partial charge is 0.300 e. The summed E-state index contributed by atoms with van der Waals surface area (Å²) in [6, 6.07) is 13.5. The first-order chi connectivity index (χ1) is 12.2. The second kappa shape index (κ2) is 8.76. The Morgan fingerprint density at radius 1 is 1.24 bits per heavy atom. The molecule has 3 aromatic rings. The van der Waals surface area contributed by atoms with Crippen molar-refractivity contribution >= 4 is 45.5 Å². The van der Waals surface area contributed by atoms with E-state index in [9.17, 15) is 4.79 Å². The van der Waals surface area contributed by atoms with E-state index in [1.807, 2.05) is 18.2 Å². The van der Waals surface area contributed by atoms with Gasteiger partial charge in [0.2, 0.25) is 11.0 Å².